The van der Waals surface area contributed by atoms with Gasteiger partial charge in [-0.25, -0.2) is 0 Å². The number of rotatable bonds is 3. The zero-order valence-corrected chi connectivity index (χ0v) is 8.45. The molecule has 1 atom stereocenters. The third-order valence-electron chi connectivity index (χ3n) is 1.82. The Balaban J connectivity index is 2.83. The monoisotopic (exact) mass is 214 g/mol. The largest absolute Gasteiger partial charge is 0.480 e. The van der Waals surface area contributed by atoms with Crippen LogP contribution in [0.1, 0.15) is 12.6 Å². The van der Waals surface area contributed by atoms with Crippen molar-refractivity contribution >= 4 is 17.6 Å². The number of hydrogen-bond donors (Lipinski definition) is 2. The van der Waals surface area contributed by atoms with Gasteiger partial charge in [0.2, 0.25) is 0 Å². The average Bonchev–Trinajstić information content (AvgIpc) is 2.02. The Morgan fingerprint density at radius 2 is 2.43 bits per heavy atom. The van der Waals surface area contributed by atoms with Gasteiger partial charge >= 0.3 is 5.97 Å². The van der Waals surface area contributed by atoms with Crippen molar-refractivity contribution in [1.29, 1.82) is 0 Å². The maximum Gasteiger partial charge on any atom is 0.323 e. The molecule has 3 N–H and O–H groups in total. The second-order valence-electron chi connectivity index (χ2n) is 3.36. The molecule has 0 aromatic carbocycles. The van der Waals surface area contributed by atoms with Gasteiger partial charge < -0.3 is 10.8 Å². The molecule has 0 aliphatic carbocycles. The Bertz CT molecular complexity index is 352. The van der Waals surface area contributed by atoms with Gasteiger partial charge in [-0.3, -0.25) is 9.78 Å². The predicted molar refractivity (Wildman–Crippen MR) is 53.2 cm³/mol. The van der Waals surface area contributed by atoms with Crippen molar-refractivity contribution < 1.29 is 9.90 Å². The van der Waals surface area contributed by atoms with E-state index in [-0.39, 0.29) is 6.42 Å². The number of carboxylic acid groups (broad SMARTS) is 1. The molecule has 0 amide bonds. The van der Waals surface area contributed by atoms with E-state index in [0.717, 1.165) is 0 Å². The van der Waals surface area contributed by atoms with E-state index < -0.39 is 11.5 Å². The topological polar surface area (TPSA) is 76.2 Å². The molecule has 0 aliphatic rings. The number of carboxylic acids is 1. The lowest BCUT2D eigenvalue weighted by molar-refractivity contribution is -0.142. The number of nitrogens with two attached hydrogens (primary N) is 1. The Labute approximate surface area is 86.7 Å². The molecule has 1 unspecified atom stereocenters. The molecule has 14 heavy (non-hydrogen) atoms. The summed E-state index contributed by atoms with van der Waals surface area (Å²) in [4.78, 5) is 14.7. The number of hydrogen-bond acceptors (Lipinski definition) is 3. The van der Waals surface area contributed by atoms with E-state index in [1.807, 2.05) is 0 Å². The van der Waals surface area contributed by atoms with Gasteiger partial charge in [0.15, 0.2) is 0 Å². The second kappa shape index (κ2) is 3.94. The van der Waals surface area contributed by atoms with Crippen LogP contribution in [0.3, 0.4) is 0 Å². The second-order valence-corrected chi connectivity index (χ2v) is 3.80. The molecular weight excluding hydrogens is 204 g/mol. The summed E-state index contributed by atoms with van der Waals surface area (Å²) in [6, 6.07) is 3.23. The summed E-state index contributed by atoms with van der Waals surface area (Å²) in [7, 11) is 0. The molecule has 0 spiro atoms. The lowest BCUT2D eigenvalue weighted by Gasteiger charge is -2.18. The van der Waals surface area contributed by atoms with E-state index in [1.165, 1.54) is 13.1 Å². The van der Waals surface area contributed by atoms with Gasteiger partial charge in [0.25, 0.3) is 0 Å². The van der Waals surface area contributed by atoms with Crippen molar-refractivity contribution in [3.05, 3.63) is 29.0 Å². The minimum Gasteiger partial charge on any atom is -0.480 e. The molecule has 76 valence electrons. The molecule has 1 aromatic rings. The molecule has 1 heterocycles. The highest BCUT2D eigenvalue weighted by Crippen LogP contribution is 2.13. The normalized spacial score (nSPS) is 14.8. The minimum absolute atomic E-state index is 0.156. The Morgan fingerprint density at radius 3 is 2.93 bits per heavy atom. The number of aliphatic carboxylic acids is 1. The number of nitrogens with zero attached hydrogens (tertiary/aromatic N) is 1. The van der Waals surface area contributed by atoms with Crippen LogP contribution in [-0.2, 0) is 11.2 Å². The van der Waals surface area contributed by atoms with Crippen LogP contribution in [0.15, 0.2) is 18.3 Å². The third-order valence-corrected chi connectivity index (χ3v) is 2.05. The van der Waals surface area contributed by atoms with Gasteiger partial charge in [-0.1, -0.05) is 11.6 Å². The third kappa shape index (κ3) is 2.68. The first-order valence-electron chi connectivity index (χ1n) is 4.04. The standard InChI is InChI=1S/C9H11ClN2O2/c1-9(11,8(13)14)5-7-4-6(10)2-3-12-7/h2-4H,5,11H2,1H3,(H,13,14). The highest BCUT2D eigenvalue weighted by molar-refractivity contribution is 6.30. The Kier molecular flexibility index (Phi) is 3.08. The lowest BCUT2D eigenvalue weighted by atomic mass is 9.97. The van der Waals surface area contributed by atoms with Gasteiger partial charge in [0.05, 0.1) is 0 Å². The molecule has 0 radical (unpaired) electrons. The molecule has 0 bridgehead atoms. The number of aromatic nitrogens is 1. The summed E-state index contributed by atoms with van der Waals surface area (Å²) in [6.45, 7) is 1.44. The van der Waals surface area contributed by atoms with Crippen molar-refractivity contribution in [3.63, 3.8) is 0 Å². The van der Waals surface area contributed by atoms with Crippen LogP contribution in [-0.4, -0.2) is 21.6 Å². The zero-order valence-electron chi connectivity index (χ0n) is 7.70. The molecule has 0 saturated carbocycles. The van der Waals surface area contributed by atoms with E-state index in [0.29, 0.717) is 10.7 Å². The summed E-state index contributed by atoms with van der Waals surface area (Å²) >= 11 is 5.73. The summed E-state index contributed by atoms with van der Waals surface area (Å²) in [5.74, 6) is -1.06. The number of carbonyl (C=O) groups is 1. The molecular formula is C9H11ClN2O2. The fourth-order valence-electron chi connectivity index (χ4n) is 0.997. The van der Waals surface area contributed by atoms with Gasteiger partial charge in [-0.05, 0) is 19.1 Å². The van der Waals surface area contributed by atoms with Gasteiger partial charge in [-0.2, -0.15) is 0 Å². The fraction of sp³-hybridized carbons (Fsp3) is 0.333. The van der Waals surface area contributed by atoms with E-state index >= 15 is 0 Å². The van der Waals surface area contributed by atoms with Gasteiger partial charge in [0.1, 0.15) is 5.54 Å². The Hall–Kier alpha value is -1.13. The maximum atomic E-state index is 10.7. The molecule has 5 heteroatoms. The number of halogens is 1. The smallest absolute Gasteiger partial charge is 0.323 e. The zero-order chi connectivity index (χ0) is 10.8. The molecule has 1 rings (SSSR count). The van der Waals surface area contributed by atoms with E-state index in [1.54, 1.807) is 12.1 Å². The fourth-order valence-corrected chi connectivity index (χ4v) is 1.18. The van der Waals surface area contributed by atoms with Crippen molar-refractivity contribution in [2.75, 3.05) is 0 Å². The summed E-state index contributed by atoms with van der Waals surface area (Å²) in [5, 5.41) is 9.31. The number of pyridine rings is 1. The van der Waals surface area contributed by atoms with Crippen LogP contribution < -0.4 is 5.73 Å². The SMILES string of the molecule is CC(N)(Cc1cc(Cl)ccn1)C(=O)O. The van der Waals surface area contributed by atoms with Gasteiger partial charge in [-0.15, -0.1) is 0 Å². The highest BCUT2D eigenvalue weighted by atomic mass is 35.5. The van der Waals surface area contributed by atoms with E-state index in [2.05, 4.69) is 4.98 Å². The molecule has 0 saturated heterocycles. The molecule has 0 fully saturated rings. The predicted octanol–water partition coefficient (Wildman–Crippen LogP) is 1.08. The van der Waals surface area contributed by atoms with Crippen LogP contribution in [0.2, 0.25) is 5.02 Å². The first kappa shape index (κ1) is 10.9. The minimum atomic E-state index is -1.31. The summed E-state index contributed by atoms with van der Waals surface area (Å²) in [6.07, 6.45) is 1.68. The highest BCUT2D eigenvalue weighted by Gasteiger charge is 2.28. The van der Waals surface area contributed by atoms with Crippen LogP contribution >= 0.6 is 11.6 Å². The first-order valence-corrected chi connectivity index (χ1v) is 4.42. The van der Waals surface area contributed by atoms with Crippen molar-refractivity contribution in [2.45, 2.75) is 18.9 Å². The maximum absolute atomic E-state index is 10.7. The first-order chi connectivity index (χ1) is 6.42. The van der Waals surface area contributed by atoms with E-state index in [4.69, 9.17) is 22.4 Å². The molecule has 4 nitrogen and oxygen atoms in total. The average molecular weight is 215 g/mol. The van der Waals surface area contributed by atoms with Gasteiger partial charge in [0, 0.05) is 23.3 Å². The Morgan fingerprint density at radius 1 is 1.79 bits per heavy atom. The summed E-state index contributed by atoms with van der Waals surface area (Å²) in [5.41, 5.74) is 4.83. The van der Waals surface area contributed by atoms with E-state index in [9.17, 15) is 4.79 Å². The summed E-state index contributed by atoms with van der Waals surface area (Å²) < 4.78 is 0. The lowest BCUT2D eigenvalue weighted by Crippen LogP contribution is -2.47. The quantitative estimate of drug-likeness (QED) is 0.790. The molecule has 0 aliphatic heterocycles. The van der Waals surface area contributed by atoms with Crippen LogP contribution in [0.5, 0.6) is 0 Å². The van der Waals surface area contributed by atoms with Crippen LogP contribution in [0.4, 0.5) is 0 Å². The van der Waals surface area contributed by atoms with Crippen molar-refractivity contribution in [1.82, 2.24) is 4.98 Å². The van der Waals surface area contributed by atoms with Crippen LogP contribution in [0, 0.1) is 0 Å². The van der Waals surface area contributed by atoms with Crippen LogP contribution in [0.25, 0.3) is 0 Å². The molecule has 1 aromatic heterocycles. The van der Waals surface area contributed by atoms with Crippen molar-refractivity contribution in [2.24, 2.45) is 5.73 Å². The van der Waals surface area contributed by atoms with Crippen molar-refractivity contribution in [3.8, 4) is 0 Å².